The van der Waals surface area contributed by atoms with Crippen LogP contribution in [0.4, 0.5) is 0 Å². The highest BCUT2D eigenvalue weighted by atomic mass is 32.3. The smallest absolute Gasteiger partial charge is 0.132 e. The predicted molar refractivity (Wildman–Crippen MR) is 104 cm³/mol. The van der Waals surface area contributed by atoms with Gasteiger partial charge in [0.15, 0.2) is 0 Å². The largest absolute Gasteiger partial charge is 0.507 e. The molecule has 1 aromatic heterocycles. The zero-order valence-corrected chi connectivity index (χ0v) is 15.7. The lowest BCUT2D eigenvalue weighted by molar-refractivity contribution is 0.453. The first-order valence-corrected chi connectivity index (χ1v) is 10.6. The Morgan fingerprint density at radius 3 is 2.38 bits per heavy atom. The van der Waals surface area contributed by atoms with Gasteiger partial charge < -0.3 is 9.52 Å². The summed E-state index contributed by atoms with van der Waals surface area (Å²) in [4.78, 5) is 2.31. The van der Waals surface area contributed by atoms with Crippen LogP contribution in [0.3, 0.4) is 0 Å². The zero-order valence-electron chi connectivity index (χ0n) is 14.9. The Balaban J connectivity index is 2.38. The summed E-state index contributed by atoms with van der Waals surface area (Å²) in [7, 11) is -1.31. The van der Waals surface area contributed by atoms with Gasteiger partial charge in [-0.2, -0.15) is 10.0 Å². The van der Waals surface area contributed by atoms with Crippen LogP contribution < -0.4 is 0 Å². The summed E-state index contributed by atoms with van der Waals surface area (Å²) in [6, 6.07) is 12.6. The van der Waals surface area contributed by atoms with Gasteiger partial charge in [0.25, 0.3) is 0 Å². The van der Waals surface area contributed by atoms with Gasteiger partial charge in [0.1, 0.15) is 12.0 Å². The van der Waals surface area contributed by atoms with Crippen molar-refractivity contribution in [1.82, 2.24) is 0 Å². The van der Waals surface area contributed by atoms with Gasteiger partial charge in [0.05, 0.1) is 6.26 Å². The molecular weight excluding hydrogens is 316 g/mol. The molecule has 24 heavy (non-hydrogen) atoms. The molecule has 0 aliphatic carbocycles. The molecule has 0 unspecified atom stereocenters. The summed E-state index contributed by atoms with van der Waals surface area (Å²) in [5, 5.41) is 13.6. The molecule has 2 aromatic carbocycles. The van der Waals surface area contributed by atoms with E-state index in [0.717, 1.165) is 27.4 Å². The van der Waals surface area contributed by atoms with E-state index in [1.807, 2.05) is 12.3 Å². The molecule has 0 fully saturated rings. The fraction of sp³-hybridized carbons (Fsp3) is 0.333. The number of furan rings is 1. The van der Waals surface area contributed by atoms with Crippen LogP contribution >= 0.6 is 10.0 Å². The minimum atomic E-state index is -1.31. The van der Waals surface area contributed by atoms with Crippen LogP contribution in [0.15, 0.2) is 63.1 Å². The van der Waals surface area contributed by atoms with E-state index in [0.29, 0.717) is 5.75 Å². The van der Waals surface area contributed by atoms with Crippen molar-refractivity contribution >= 4 is 20.8 Å². The molecule has 3 rings (SSSR count). The van der Waals surface area contributed by atoms with Gasteiger partial charge >= 0.3 is 0 Å². The quantitative estimate of drug-likeness (QED) is 0.572. The summed E-state index contributed by atoms with van der Waals surface area (Å²) < 4.78 is 5.39. The van der Waals surface area contributed by atoms with Crippen LogP contribution in [0.2, 0.25) is 0 Å². The number of phenols is 1. The molecule has 1 N–H and O–H groups in total. The minimum Gasteiger partial charge on any atom is -0.507 e. The van der Waals surface area contributed by atoms with Gasteiger partial charge in [-0.15, -0.1) is 0 Å². The Bertz CT molecular complexity index is 830. The third-order valence-corrected chi connectivity index (χ3v) is 9.22. The number of phenolic OH excluding ortho intramolecular Hbond substituents is 1. The molecule has 3 heteroatoms. The third-order valence-electron chi connectivity index (χ3n) is 4.96. The van der Waals surface area contributed by atoms with Crippen LogP contribution in [-0.4, -0.2) is 16.6 Å². The summed E-state index contributed by atoms with van der Waals surface area (Å²) in [5.74, 6) is 2.73. The summed E-state index contributed by atoms with van der Waals surface area (Å²) >= 11 is 0. The van der Waals surface area contributed by atoms with Gasteiger partial charge in [-0.3, -0.25) is 0 Å². The van der Waals surface area contributed by atoms with E-state index in [-0.39, 0.29) is 5.92 Å². The number of hydrogen-bond acceptors (Lipinski definition) is 2. The van der Waals surface area contributed by atoms with Crippen molar-refractivity contribution < 1.29 is 9.52 Å². The maximum Gasteiger partial charge on any atom is 0.132 e. The summed E-state index contributed by atoms with van der Waals surface area (Å²) in [6.07, 6.45) is 3.59. The van der Waals surface area contributed by atoms with Crippen LogP contribution in [0.1, 0.15) is 39.2 Å². The molecule has 3 aromatic rings. The van der Waals surface area contributed by atoms with E-state index in [4.69, 9.17) is 4.42 Å². The van der Waals surface area contributed by atoms with E-state index in [2.05, 4.69) is 58.0 Å². The third kappa shape index (κ3) is 2.51. The van der Waals surface area contributed by atoms with Crippen molar-refractivity contribution in [3.05, 3.63) is 54.5 Å². The molecule has 0 aliphatic heterocycles. The lowest BCUT2D eigenvalue weighted by Crippen LogP contribution is -2.09. The number of hydrogen-bond donors (Lipinski definition) is 1. The normalized spacial score (nSPS) is 12.9. The van der Waals surface area contributed by atoms with Crippen LogP contribution in [-0.2, 0) is 0 Å². The first kappa shape index (κ1) is 17.0. The second kappa shape index (κ2) is 6.56. The van der Waals surface area contributed by atoms with Crippen LogP contribution in [0.5, 0.6) is 5.75 Å². The number of fused-ring (bicyclic) bond motifs is 1. The van der Waals surface area contributed by atoms with Crippen molar-refractivity contribution in [1.29, 1.82) is 0 Å². The maximum absolute atomic E-state index is 11.2. The standard InChI is InChI=1S/C21H26O2S/c1-5-24(6-2,17-11-12-23-14-17)19-13-16-9-7-8-10-18(16)20(15(3)4)21(19)22/h7-15,22H,5-6H2,1-4H3. The van der Waals surface area contributed by atoms with Crippen molar-refractivity contribution in [3.63, 3.8) is 0 Å². The monoisotopic (exact) mass is 342 g/mol. The Morgan fingerprint density at radius 2 is 1.79 bits per heavy atom. The SMILES string of the molecule is CCS(CC)(c1ccoc1)c1cc2ccccc2c(C(C)C)c1O. The Labute approximate surface area is 145 Å². The maximum atomic E-state index is 11.2. The number of benzene rings is 2. The molecule has 0 radical (unpaired) electrons. The molecule has 0 saturated carbocycles. The van der Waals surface area contributed by atoms with Crippen molar-refractivity contribution in [2.45, 2.75) is 43.4 Å². The highest BCUT2D eigenvalue weighted by Crippen LogP contribution is 2.65. The van der Waals surface area contributed by atoms with E-state index < -0.39 is 10.0 Å². The Hall–Kier alpha value is -1.87. The minimum absolute atomic E-state index is 0.269. The zero-order chi connectivity index (χ0) is 17.3. The lowest BCUT2D eigenvalue weighted by Gasteiger charge is -2.39. The van der Waals surface area contributed by atoms with Gasteiger partial charge in [-0.1, -0.05) is 52.0 Å². The summed E-state index contributed by atoms with van der Waals surface area (Å²) in [5.41, 5.74) is 1.06. The van der Waals surface area contributed by atoms with Crippen molar-refractivity contribution in [2.75, 3.05) is 11.5 Å². The number of rotatable bonds is 5. The Kier molecular flexibility index (Phi) is 4.64. The van der Waals surface area contributed by atoms with Gasteiger partial charge in [0.2, 0.25) is 0 Å². The molecule has 2 nitrogen and oxygen atoms in total. The van der Waals surface area contributed by atoms with Gasteiger partial charge in [-0.25, -0.2) is 0 Å². The fourth-order valence-corrected chi connectivity index (χ4v) is 7.01. The second-order valence-electron chi connectivity index (χ2n) is 6.43. The average molecular weight is 343 g/mol. The molecule has 0 bridgehead atoms. The van der Waals surface area contributed by atoms with Gasteiger partial charge in [0, 0.05) is 15.4 Å². The molecule has 0 aliphatic rings. The molecule has 0 amide bonds. The number of aromatic hydroxyl groups is 1. The van der Waals surface area contributed by atoms with E-state index in [1.54, 1.807) is 6.26 Å². The van der Waals surface area contributed by atoms with Crippen LogP contribution in [0.25, 0.3) is 10.8 Å². The fourth-order valence-electron chi connectivity index (χ4n) is 3.67. The highest BCUT2D eigenvalue weighted by molar-refractivity contribution is 8.33. The lowest BCUT2D eigenvalue weighted by atomic mass is 9.95. The molecule has 1 heterocycles. The molecule has 128 valence electrons. The Morgan fingerprint density at radius 1 is 1.08 bits per heavy atom. The molecule has 0 atom stereocenters. The second-order valence-corrected chi connectivity index (χ2v) is 10.3. The predicted octanol–water partition coefficient (Wildman–Crippen LogP) is 6.52. The van der Waals surface area contributed by atoms with E-state index in [9.17, 15) is 5.11 Å². The first-order valence-electron chi connectivity index (χ1n) is 8.60. The van der Waals surface area contributed by atoms with Crippen molar-refractivity contribution in [2.24, 2.45) is 0 Å². The van der Waals surface area contributed by atoms with Crippen LogP contribution in [0, 0.1) is 0 Å². The average Bonchev–Trinajstić information content (AvgIpc) is 3.11. The summed E-state index contributed by atoms with van der Waals surface area (Å²) in [6.45, 7) is 8.74. The molecular formula is C21H26O2S. The van der Waals surface area contributed by atoms with E-state index in [1.165, 1.54) is 10.3 Å². The van der Waals surface area contributed by atoms with E-state index >= 15 is 0 Å². The van der Waals surface area contributed by atoms with Crippen molar-refractivity contribution in [3.8, 4) is 5.75 Å². The topological polar surface area (TPSA) is 33.4 Å². The molecule has 0 spiro atoms. The highest BCUT2D eigenvalue weighted by Gasteiger charge is 2.31. The first-order chi connectivity index (χ1) is 11.5. The van der Waals surface area contributed by atoms with Gasteiger partial charge in [-0.05, 0) is 40.3 Å². The molecule has 0 saturated heterocycles.